The molecule has 0 spiro atoms. The Labute approximate surface area is 143 Å². The van der Waals surface area contributed by atoms with Crippen molar-refractivity contribution in [2.75, 3.05) is 5.73 Å². The van der Waals surface area contributed by atoms with Crippen LogP contribution in [0.2, 0.25) is 0 Å². The molecule has 4 aromatic rings. The molecule has 0 aliphatic heterocycles. The molecule has 2 N–H and O–H groups in total. The van der Waals surface area contributed by atoms with Gasteiger partial charge in [0.25, 0.3) is 0 Å². The molecule has 0 aromatic heterocycles. The fourth-order valence-electron chi connectivity index (χ4n) is 2.96. The van der Waals surface area contributed by atoms with Crippen LogP contribution < -0.4 is 5.73 Å². The topological polar surface area (TPSA) is 26.0 Å². The first-order valence-electron chi connectivity index (χ1n) is 7.01. The summed E-state index contributed by atoms with van der Waals surface area (Å²) < 4.78 is 0. The molecule has 0 aliphatic rings. The summed E-state index contributed by atoms with van der Waals surface area (Å²) in [4.78, 5) is 0. The van der Waals surface area contributed by atoms with Crippen LogP contribution in [-0.4, -0.2) is 0 Å². The van der Waals surface area contributed by atoms with Crippen molar-refractivity contribution in [2.24, 2.45) is 0 Å². The maximum Gasteiger partial charge on any atom is 0 e. The first-order chi connectivity index (χ1) is 10.3. The Morgan fingerprint density at radius 2 is 1.32 bits per heavy atom. The fraction of sp³-hybridized carbons (Fsp3) is 0. The van der Waals surface area contributed by atoms with Crippen LogP contribution in [0.25, 0.3) is 32.7 Å². The van der Waals surface area contributed by atoms with Gasteiger partial charge in [-0.2, -0.15) is 12.1 Å². The van der Waals surface area contributed by atoms with Gasteiger partial charge in [0.2, 0.25) is 0 Å². The van der Waals surface area contributed by atoms with Crippen LogP contribution in [0.15, 0.2) is 72.8 Å². The number of nitrogens with two attached hydrogens (primary N) is 1. The zero-order chi connectivity index (χ0) is 14.2. The molecule has 0 amide bonds. The van der Waals surface area contributed by atoms with E-state index < -0.39 is 0 Å². The summed E-state index contributed by atoms with van der Waals surface area (Å²) in [6, 6.07) is 28.2. The van der Waals surface area contributed by atoms with E-state index >= 15 is 0 Å². The molecule has 0 aliphatic carbocycles. The Hall–Kier alpha value is -2.14. The van der Waals surface area contributed by atoms with Crippen LogP contribution >= 0.6 is 0 Å². The second kappa shape index (κ2) is 5.93. The Balaban J connectivity index is 0.00000144. The van der Waals surface area contributed by atoms with Gasteiger partial charge in [0.15, 0.2) is 0 Å². The van der Waals surface area contributed by atoms with Gasteiger partial charge in [0.05, 0.1) is 0 Å². The third-order valence-corrected chi connectivity index (χ3v) is 3.94. The van der Waals surface area contributed by atoms with Crippen LogP contribution in [0, 0.1) is 6.07 Å². The molecular weight excluding hydrogens is 361 g/mol. The molecular formula is C20H14NPd-. The molecule has 0 bridgehead atoms. The molecule has 110 valence electrons. The van der Waals surface area contributed by atoms with E-state index in [1.807, 2.05) is 12.1 Å². The Morgan fingerprint density at radius 3 is 2.14 bits per heavy atom. The average Bonchev–Trinajstić information content (AvgIpc) is 2.54. The molecule has 0 unspecified atom stereocenters. The van der Waals surface area contributed by atoms with Crippen LogP contribution in [0.5, 0.6) is 0 Å². The van der Waals surface area contributed by atoms with E-state index in [1.54, 1.807) is 0 Å². The minimum absolute atomic E-state index is 0. The van der Waals surface area contributed by atoms with Gasteiger partial charge in [-0.25, -0.2) is 0 Å². The van der Waals surface area contributed by atoms with Gasteiger partial charge in [0.1, 0.15) is 0 Å². The first kappa shape index (κ1) is 14.8. The quantitative estimate of drug-likeness (QED) is 0.282. The standard InChI is InChI=1S/C20H14N.Pd/c21-19-13-12-15-7-2-4-10-17(15)20(19)18-11-5-8-14-6-1-3-9-16(14)18;/h1-12H,21H2;/q-1;. The van der Waals surface area contributed by atoms with Gasteiger partial charge in [-0.15, -0.1) is 16.8 Å². The Bertz CT molecular complexity index is 955. The molecule has 0 saturated heterocycles. The van der Waals surface area contributed by atoms with E-state index in [2.05, 4.69) is 66.7 Å². The molecule has 0 heterocycles. The third-order valence-electron chi connectivity index (χ3n) is 3.94. The van der Waals surface area contributed by atoms with E-state index in [1.165, 1.54) is 21.7 Å². The number of rotatable bonds is 1. The maximum absolute atomic E-state index is 6.25. The number of nitrogen functional groups attached to an aromatic ring is 1. The van der Waals surface area contributed by atoms with Crippen LogP contribution in [-0.2, 0) is 20.4 Å². The summed E-state index contributed by atoms with van der Waals surface area (Å²) in [5, 5.41) is 4.78. The van der Waals surface area contributed by atoms with Crippen molar-refractivity contribution >= 4 is 27.2 Å². The maximum atomic E-state index is 6.25. The molecule has 22 heavy (non-hydrogen) atoms. The molecule has 4 aromatic carbocycles. The van der Waals surface area contributed by atoms with Crippen molar-refractivity contribution in [3.8, 4) is 11.1 Å². The molecule has 2 heteroatoms. The summed E-state index contributed by atoms with van der Waals surface area (Å²) in [5.74, 6) is 0. The van der Waals surface area contributed by atoms with Gasteiger partial charge in [-0.1, -0.05) is 77.5 Å². The molecule has 1 nitrogen and oxygen atoms in total. The number of benzene rings is 4. The van der Waals surface area contributed by atoms with Gasteiger partial charge in [-0.3, -0.25) is 0 Å². The van der Waals surface area contributed by atoms with Gasteiger partial charge >= 0.3 is 0 Å². The zero-order valence-corrected chi connectivity index (χ0v) is 13.4. The van der Waals surface area contributed by atoms with E-state index in [9.17, 15) is 0 Å². The number of hydrogen-bond donors (Lipinski definition) is 1. The summed E-state index contributed by atoms with van der Waals surface area (Å²) in [6.07, 6.45) is 0. The zero-order valence-electron chi connectivity index (χ0n) is 11.8. The van der Waals surface area contributed by atoms with Crippen molar-refractivity contribution in [3.05, 3.63) is 78.9 Å². The second-order valence-electron chi connectivity index (χ2n) is 5.19. The number of fused-ring (bicyclic) bond motifs is 2. The molecule has 0 fully saturated rings. The monoisotopic (exact) mass is 374 g/mol. The van der Waals surface area contributed by atoms with Crippen LogP contribution in [0.4, 0.5) is 5.69 Å². The molecule has 0 atom stereocenters. The van der Waals surface area contributed by atoms with Gasteiger partial charge in [0, 0.05) is 20.4 Å². The smallest absolute Gasteiger partial charge is 0 e. The minimum atomic E-state index is 0. The second-order valence-corrected chi connectivity index (χ2v) is 5.19. The van der Waals surface area contributed by atoms with Gasteiger partial charge < -0.3 is 5.73 Å². The van der Waals surface area contributed by atoms with E-state index in [-0.39, 0.29) is 20.4 Å². The summed E-state index contributed by atoms with van der Waals surface area (Å²) in [5.41, 5.74) is 9.19. The third kappa shape index (κ3) is 2.31. The largest absolute Gasteiger partial charge is 0.419 e. The van der Waals surface area contributed by atoms with Crippen molar-refractivity contribution in [3.63, 3.8) is 0 Å². The van der Waals surface area contributed by atoms with Crippen LogP contribution in [0.1, 0.15) is 0 Å². The first-order valence-corrected chi connectivity index (χ1v) is 7.01. The average molecular weight is 375 g/mol. The van der Waals surface area contributed by atoms with Crippen molar-refractivity contribution in [1.82, 2.24) is 0 Å². The Morgan fingerprint density at radius 1 is 0.682 bits per heavy atom. The molecule has 0 radical (unpaired) electrons. The molecule has 0 saturated carbocycles. The van der Waals surface area contributed by atoms with Crippen molar-refractivity contribution in [1.29, 1.82) is 0 Å². The van der Waals surface area contributed by atoms with Crippen molar-refractivity contribution < 1.29 is 20.4 Å². The van der Waals surface area contributed by atoms with E-state index in [0.717, 1.165) is 10.9 Å². The normalized spacial score (nSPS) is 10.5. The van der Waals surface area contributed by atoms with Crippen molar-refractivity contribution in [2.45, 2.75) is 0 Å². The van der Waals surface area contributed by atoms with Crippen LogP contribution in [0.3, 0.4) is 0 Å². The predicted molar refractivity (Wildman–Crippen MR) is 90.1 cm³/mol. The minimum Gasteiger partial charge on any atom is -0.419 e. The number of hydrogen-bond acceptors (Lipinski definition) is 1. The summed E-state index contributed by atoms with van der Waals surface area (Å²) in [6.45, 7) is 0. The Kier molecular flexibility index (Phi) is 3.98. The summed E-state index contributed by atoms with van der Waals surface area (Å²) in [7, 11) is 0. The predicted octanol–water partition coefficient (Wildman–Crippen LogP) is 5.04. The van der Waals surface area contributed by atoms with Gasteiger partial charge in [-0.05, 0) is 10.8 Å². The molecule has 4 rings (SSSR count). The van der Waals surface area contributed by atoms with E-state index in [4.69, 9.17) is 5.73 Å². The summed E-state index contributed by atoms with van der Waals surface area (Å²) >= 11 is 0. The SMILES string of the molecule is Nc1[c-]cc2ccccc2c1-c1cccc2ccccc12.[Pd]. The fourth-order valence-corrected chi connectivity index (χ4v) is 2.96. The number of anilines is 1. The van der Waals surface area contributed by atoms with E-state index in [0.29, 0.717) is 5.69 Å².